The molecule has 0 spiro atoms. The predicted octanol–water partition coefficient (Wildman–Crippen LogP) is 3.39. The lowest BCUT2D eigenvalue weighted by molar-refractivity contribution is -0.189. The van der Waals surface area contributed by atoms with E-state index in [0.29, 0.717) is 0 Å². The monoisotopic (exact) mass is 224 g/mol. The second kappa shape index (κ2) is 5.54. The topological polar surface area (TPSA) is 20.2 Å². The molecule has 1 N–H and O–H groups in total. The van der Waals surface area contributed by atoms with Crippen LogP contribution in [-0.4, -0.2) is 17.4 Å². The summed E-state index contributed by atoms with van der Waals surface area (Å²) in [6.07, 6.45) is -3.21. The van der Waals surface area contributed by atoms with Crippen LogP contribution in [0.15, 0.2) is 12.2 Å². The van der Waals surface area contributed by atoms with Gasteiger partial charge in [0, 0.05) is 0 Å². The van der Waals surface area contributed by atoms with Crippen molar-refractivity contribution in [3.63, 3.8) is 0 Å². The summed E-state index contributed by atoms with van der Waals surface area (Å²) in [7, 11) is 0. The minimum Gasteiger partial charge on any atom is -0.392 e. The quantitative estimate of drug-likeness (QED) is 0.726. The van der Waals surface area contributed by atoms with E-state index in [-0.39, 0.29) is 5.92 Å². The van der Waals surface area contributed by atoms with Crippen LogP contribution in [0.3, 0.4) is 0 Å². The molecule has 0 rings (SSSR count). The first-order valence-electron chi connectivity index (χ1n) is 5.09. The summed E-state index contributed by atoms with van der Waals surface area (Å²) in [6.45, 7) is 6.75. The molecular formula is C11H19F3O. The van der Waals surface area contributed by atoms with E-state index in [1.165, 1.54) is 6.08 Å². The van der Waals surface area contributed by atoms with Gasteiger partial charge in [0.1, 0.15) is 0 Å². The summed E-state index contributed by atoms with van der Waals surface area (Å²) in [5, 5.41) is 9.46. The van der Waals surface area contributed by atoms with Gasteiger partial charge >= 0.3 is 6.18 Å². The minimum absolute atomic E-state index is 0.0502. The maximum absolute atomic E-state index is 12.6. The molecule has 0 aromatic rings. The van der Waals surface area contributed by atoms with Crippen LogP contribution in [0, 0.1) is 17.8 Å². The second-order valence-corrected chi connectivity index (χ2v) is 4.43. The third-order valence-electron chi connectivity index (χ3n) is 2.13. The molecule has 4 heteroatoms. The molecule has 0 heterocycles. The maximum Gasteiger partial charge on any atom is 0.397 e. The van der Waals surface area contributed by atoms with Gasteiger partial charge in [-0.05, 0) is 11.8 Å². The van der Waals surface area contributed by atoms with Crippen LogP contribution in [0.25, 0.3) is 0 Å². The van der Waals surface area contributed by atoms with Crippen molar-refractivity contribution in [1.82, 2.24) is 0 Å². The van der Waals surface area contributed by atoms with E-state index >= 15 is 0 Å². The molecule has 0 aromatic carbocycles. The Bertz CT molecular complexity index is 206. The Morgan fingerprint density at radius 1 is 1.00 bits per heavy atom. The number of hydrogen-bond acceptors (Lipinski definition) is 1. The Balaban J connectivity index is 4.75. The summed E-state index contributed by atoms with van der Waals surface area (Å²) in [5.41, 5.74) is 0. The van der Waals surface area contributed by atoms with Crippen LogP contribution < -0.4 is 0 Å². The van der Waals surface area contributed by atoms with Gasteiger partial charge in [-0.3, -0.25) is 0 Å². The molecule has 1 nitrogen and oxygen atoms in total. The summed E-state index contributed by atoms with van der Waals surface area (Å²) < 4.78 is 37.7. The lowest BCUT2D eigenvalue weighted by Gasteiger charge is -2.25. The van der Waals surface area contributed by atoms with Crippen molar-refractivity contribution in [2.24, 2.45) is 17.8 Å². The average Bonchev–Trinajstić information content (AvgIpc) is 2.00. The van der Waals surface area contributed by atoms with Gasteiger partial charge in [-0.25, -0.2) is 0 Å². The van der Waals surface area contributed by atoms with Crippen LogP contribution >= 0.6 is 0 Å². The summed E-state index contributed by atoms with van der Waals surface area (Å²) in [6, 6.07) is 0. The number of hydrogen-bond donors (Lipinski definition) is 1. The Labute approximate surface area is 89.0 Å². The molecule has 0 aliphatic heterocycles. The van der Waals surface area contributed by atoms with Gasteiger partial charge in [-0.2, -0.15) is 13.2 Å². The van der Waals surface area contributed by atoms with E-state index in [2.05, 4.69) is 0 Å². The Hall–Kier alpha value is -0.510. The second-order valence-electron chi connectivity index (χ2n) is 4.43. The minimum atomic E-state index is -4.38. The van der Waals surface area contributed by atoms with E-state index < -0.39 is 24.1 Å². The fraction of sp³-hybridized carbons (Fsp3) is 0.818. The number of aliphatic hydroxyl groups excluding tert-OH is 1. The van der Waals surface area contributed by atoms with Crippen LogP contribution in [0.2, 0.25) is 0 Å². The van der Waals surface area contributed by atoms with Crippen molar-refractivity contribution in [3.8, 4) is 0 Å². The third kappa shape index (κ3) is 5.21. The molecule has 0 radical (unpaired) electrons. The van der Waals surface area contributed by atoms with Crippen molar-refractivity contribution in [2.75, 3.05) is 0 Å². The molecule has 0 saturated heterocycles. The van der Waals surface area contributed by atoms with Crippen molar-refractivity contribution in [1.29, 1.82) is 0 Å². The van der Waals surface area contributed by atoms with Gasteiger partial charge in [0.25, 0.3) is 0 Å². The Morgan fingerprint density at radius 2 is 1.47 bits per heavy atom. The highest BCUT2D eigenvalue weighted by atomic mass is 19.4. The highest BCUT2D eigenvalue weighted by Gasteiger charge is 2.43. The van der Waals surface area contributed by atoms with Gasteiger partial charge in [0.05, 0.1) is 12.0 Å². The highest BCUT2D eigenvalue weighted by Crippen LogP contribution is 2.32. The fourth-order valence-electron chi connectivity index (χ4n) is 1.17. The van der Waals surface area contributed by atoms with E-state index in [9.17, 15) is 18.3 Å². The number of alkyl halides is 3. The highest BCUT2D eigenvalue weighted by molar-refractivity contribution is 4.97. The van der Waals surface area contributed by atoms with E-state index in [1.54, 1.807) is 27.7 Å². The number of halogens is 3. The average molecular weight is 224 g/mol. The molecule has 0 bridgehead atoms. The van der Waals surface area contributed by atoms with Crippen LogP contribution in [-0.2, 0) is 0 Å². The van der Waals surface area contributed by atoms with E-state index in [4.69, 9.17) is 0 Å². The van der Waals surface area contributed by atoms with Gasteiger partial charge < -0.3 is 5.11 Å². The number of allylic oxidation sites excluding steroid dienone is 1. The first kappa shape index (κ1) is 14.5. The van der Waals surface area contributed by atoms with Gasteiger partial charge in [0.2, 0.25) is 0 Å². The third-order valence-corrected chi connectivity index (χ3v) is 2.13. The molecular weight excluding hydrogens is 205 g/mol. The largest absolute Gasteiger partial charge is 0.397 e. The van der Waals surface area contributed by atoms with Crippen molar-refractivity contribution < 1.29 is 18.3 Å². The molecule has 2 atom stereocenters. The van der Waals surface area contributed by atoms with Gasteiger partial charge in [-0.15, -0.1) is 0 Å². The molecule has 0 saturated carbocycles. The predicted molar refractivity (Wildman–Crippen MR) is 54.4 cm³/mol. The van der Waals surface area contributed by atoms with Crippen molar-refractivity contribution in [3.05, 3.63) is 12.2 Å². The van der Waals surface area contributed by atoms with Crippen molar-refractivity contribution >= 4 is 0 Å². The van der Waals surface area contributed by atoms with Crippen molar-refractivity contribution in [2.45, 2.75) is 40.0 Å². The fourth-order valence-corrected chi connectivity index (χ4v) is 1.17. The van der Waals surface area contributed by atoms with Gasteiger partial charge in [-0.1, -0.05) is 39.8 Å². The van der Waals surface area contributed by atoms with Crippen LogP contribution in [0.5, 0.6) is 0 Å². The molecule has 0 aromatic heterocycles. The summed E-state index contributed by atoms with van der Waals surface area (Å²) >= 11 is 0. The number of rotatable bonds is 4. The van der Waals surface area contributed by atoms with Gasteiger partial charge in [0.15, 0.2) is 0 Å². The normalized spacial score (nSPS) is 17.7. The zero-order valence-electron chi connectivity index (χ0n) is 9.55. The van der Waals surface area contributed by atoms with Crippen LogP contribution in [0.1, 0.15) is 27.7 Å². The molecule has 90 valence electrons. The maximum atomic E-state index is 12.6. The Morgan fingerprint density at radius 3 is 1.73 bits per heavy atom. The first-order valence-corrected chi connectivity index (χ1v) is 5.09. The lowest BCUT2D eigenvalue weighted by atomic mass is 9.91. The number of aliphatic hydroxyl groups is 1. The molecule has 0 fully saturated rings. The van der Waals surface area contributed by atoms with E-state index in [0.717, 1.165) is 6.08 Å². The molecule has 0 aliphatic carbocycles. The first-order chi connectivity index (χ1) is 6.66. The summed E-state index contributed by atoms with van der Waals surface area (Å²) in [5.74, 6) is -2.12. The zero-order chi connectivity index (χ0) is 12.2. The smallest absolute Gasteiger partial charge is 0.392 e. The SMILES string of the molecule is CC(C)/C=C\[C@@H]([C@H](O)C(C)C)C(F)(F)F. The standard InChI is InChI=1S/C11H19F3O/c1-7(2)5-6-9(11(12,13)14)10(15)8(3)4/h5-10,15H,1-4H3/b6-5-/t9-,10+/m0/s1. The molecule has 0 aliphatic rings. The van der Waals surface area contributed by atoms with Crippen LogP contribution in [0.4, 0.5) is 13.2 Å². The molecule has 0 unspecified atom stereocenters. The zero-order valence-corrected chi connectivity index (χ0v) is 9.55. The van der Waals surface area contributed by atoms with E-state index in [1.807, 2.05) is 0 Å². The molecule has 15 heavy (non-hydrogen) atoms. The summed E-state index contributed by atoms with van der Waals surface area (Å²) in [4.78, 5) is 0. The molecule has 0 amide bonds. The Kier molecular flexibility index (Phi) is 5.35. The lowest BCUT2D eigenvalue weighted by Crippen LogP contribution is -2.35.